The summed E-state index contributed by atoms with van der Waals surface area (Å²) < 4.78 is 20.6. The van der Waals surface area contributed by atoms with Gasteiger partial charge in [-0.1, -0.05) is 42.6 Å². The van der Waals surface area contributed by atoms with Gasteiger partial charge >= 0.3 is 0 Å². The van der Waals surface area contributed by atoms with E-state index >= 15 is 0 Å². The standard InChI is InChI=1S/C37H43Cl2N7O3S/c1-2-3-15-44-16-4-17-46(36(44)50)31-8-6-29(7-9-31)42-18-20-43(21-19-42)30-10-12-32(13-11-30)47-23-33-24-48-37(49-33,25-45-27-40-26-41-45)34-14-5-28(38)22-35(34)39/h5-14,22,26-27,33H,2-4,15-21,23-25H2,1H3/t33-,37-/m1/s1. The summed E-state index contributed by atoms with van der Waals surface area (Å²) >= 11 is 18.6. The van der Waals surface area contributed by atoms with Crippen molar-refractivity contribution in [3.63, 3.8) is 0 Å². The van der Waals surface area contributed by atoms with E-state index in [4.69, 9.17) is 49.6 Å². The Hall–Kier alpha value is -3.61. The van der Waals surface area contributed by atoms with Crippen LogP contribution in [-0.2, 0) is 21.8 Å². The normalized spacial score (nSPS) is 21.3. The van der Waals surface area contributed by atoms with Crippen molar-refractivity contribution >= 4 is 57.6 Å². The van der Waals surface area contributed by atoms with Crippen molar-refractivity contribution in [2.24, 2.45) is 0 Å². The minimum Gasteiger partial charge on any atom is -0.491 e. The average Bonchev–Trinajstić information content (AvgIpc) is 3.81. The van der Waals surface area contributed by atoms with E-state index in [9.17, 15) is 0 Å². The lowest BCUT2D eigenvalue weighted by Crippen LogP contribution is -2.49. The molecule has 0 bridgehead atoms. The van der Waals surface area contributed by atoms with E-state index in [1.54, 1.807) is 23.1 Å². The summed E-state index contributed by atoms with van der Waals surface area (Å²) in [7, 11) is 0. The maximum atomic E-state index is 6.60. The number of unbranched alkanes of at least 4 members (excludes halogenated alkanes) is 1. The van der Waals surface area contributed by atoms with E-state index in [2.05, 4.69) is 73.0 Å². The molecule has 264 valence electrons. The summed E-state index contributed by atoms with van der Waals surface area (Å²) in [4.78, 5) is 13.6. The summed E-state index contributed by atoms with van der Waals surface area (Å²) in [6.07, 6.45) is 6.28. The van der Waals surface area contributed by atoms with E-state index in [1.165, 1.54) is 36.2 Å². The van der Waals surface area contributed by atoms with Crippen molar-refractivity contribution in [2.75, 3.05) is 73.7 Å². The first-order valence-electron chi connectivity index (χ1n) is 17.4. The highest BCUT2D eigenvalue weighted by molar-refractivity contribution is 7.80. The molecule has 3 saturated heterocycles. The number of halogens is 2. The van der Waals surface area contributed by atoms with Gasteiger partial charge in [0.2, 0.25) is 5.79 Å². The zero-order chi connectivity index (χ0) is 34.5. The molecule has 4 heterocycles. The Bertz CT molecular complexity index is 1720. The summed E-state index contributed by atoms with van der Waals surface area (Å²) in [5.41, 5.74) is 4.30. The van der Waals surface area contributed by atoms with Crippen molar-refractivity contribution in [3.05, 3.63) is 95.0 Å². The molecule has 13 heteroatoms. The number of rotatable bonds is 12. The second kappa shape index (κ2) is 15.7. The largest absolute Gasteiger partial charge is 0.491 e. The molecule has 3 aliphatic rings. The topological polar surface area (TPSA) is 71.4 Å². The van der Waals surface area contributed by atoms with Gasteiger partial charge in [-0.3, -0.25) is 0 Å². The summed E-state index contributed by atoms with van der Waals surface area (Å²) in [6.45, 7) is 10.1. The number of nitrogens with zero attached hydrogens (tertiary/aromatic N) is 7. The first-order valence-corrected chi connectivity index (χ1v) is 18.6. The minimum absolute atomic E-state index is 0.281. The SMILES string of the molecule is CCCCN1CCCN(c2ccc(N3CCN(c4ccc(OC[C@@H]5CO[C@@](Cn6cncn6)(c6ccc(Cl)cc6Cl)O5)cc4)CC3)cc2)C1=S. The maximum absolute atomic E-state index is 6.60. The highest BCUT2D eigenvalue weighted by Gasteiger charge is 2.45. The molecular weight excluding hydrogens is 693 g/mol. The molecule has 4 aromatic rings. The number of hydrogen-bond acceptors (Lipinski definition) is 8. The number of benzene rings is 3. The Labute approximate surface area is 309 Å². The van der Waals surface area contributed by atoms with Crippen LogP contribution in [0.5, 0.6) is 5.75 Å². The molecule has 0 spiro atoms. The molecule has 2 atom stereocenters. The van der Waals surface area contributed by atoms with Crippen LogP contribution in [0.25, 0.3) is 0 Å². The molecule has 7 rings (SSSR count). The number of thiocarbonyl (C=S) groups is 1. The molecule has 0 unspecified atom stereocenters. The van der Waals surface area contributed by atoms with E-state index in [-0.39, 0.29) is 12.6 Å². The molecular formula is C37H43Cl2N7O3S. The van der Waals surface area contributed by atoms with Gasteiger partial charge in [-0.2, -0.15) is 5.10 Å². The fourth-order valence-electron chi connectivity index (χ4n) is 6.87. The summed E-state index contributed by atoms with van der Waals surface area (Å²) in [6, 6.07) is 22.5. The molecule has 0 amide bonds. The third-order valence-electron chi connectivity index (χ3n) is 9.57. The molecule has 50 heavy (non-hydrogen) atoms. The quantitative estimate of drug-likeness (QED) is 0.144. The van der Waals surface area contributed by atoms with Crippen molar-refractivity contribution in [2.45, 2.75) is 44.6 Å². The van der Waals surface area contributed by atoms with Crippen molar-refractivity contribution in [1.82, 2.24) is 19.7 Å². The van der Waals surface area contributed by atoms with E-state index in [1.807, 2.05) is 18.2 Å². The molecule has 10 nitrogen and oxygen atoms in total. The van der Waals surface area contributed by atoms with Crippen molar-refractivity contribution in [1.29, 1.82) is 0 Å². The van der Waals surface area contributed by atoms with Gasteiger partial charge in [-0.05, 0) is 85.7 Å². The zero-order valence-electron chi connectivity index (χ0n) is 28.3. The number of aromatic nitrogens is 3. The van der Waals surface area contributed by atoms with Gasteiger partial charge in [-0.25, -0.2) is 9.67 Å². The van der Waals surface area contributed by atoms with Crippen LogP contribution in [0.15, 0.2) is 79.4 Å². The fraction of sp³-hybridized carbons (Fsp3) is 0.432. The van der Waals surface area contributed by atoms with E-state index < -0.39 is 5.79 Å². The first-order chi connectivity index (χ1) is 24.4. The zero-order valence-corrected chi connectivity index (χ0v) is 30.6. The molecule has 3 fully saturated rings. The number of hydrogen-bond donors (Lipinski definition) is 0. The van der Waals surface area contributed by atoms with Gasteiger partial charge in [0.1, 0.15) is 37.7 Å². The van der Waals surface area contributed by atoms with E-state index in [0.29, 0.717) is 28.8 Å². The molecule has 0 N–H and O–H groups in total. The Morgan fingerprint density at radius 2 is 1.60 bits per heavy atom. The highest BCUT2D eigenvalue weighted by Crippen LogP contribution is 2.40. The second-order valence-corrected chi connectivity index (χ2v) is 14.2. The van der Waals surface area contributed by atoms with Crippen LogP contribution in [0.4, 0.5) is 17.1 Å². The Morgan fingerprint density at radius 1 is 0.900 bits per heavy atom. The number of piperazine rings is 1. The molecule has 0 radical (unpaired) electrons. The predicted octanol–water partition coefficient (Wildman–Crippen LogP) is 6.86. The Morgan fingerprint density at radius 3 is 2.26 bits per heavy atom. The molecule has 0 aliphatic carbocycles. The lowest BCUT2D eigenvalue weighted by atomic mass is 10.1. The minimum atomic E-state index is -1.14. The molecule has 1 aromatic heterocycles. The van der Waals surface area contributed by atoms with Crippen molar-refractivity contribution < 1.29 is 14.2 Å². The summed E-state index contributed by atoms with van der Waals surface area (Å²) in [5, 5.41) is 6.20. The van der Waals surface area contributed by atoms with Crippen molar-refractivity contribution in [3.8, 4) is 5.75 Å². The molecule has 3 aromatic carbocycles. The van der Waals surface area contributed by atoms with Crippen LogP contribution in [-0.4, -0.2) is 89.9 Å². The third kappa shape index (κ3) is 7.82. The maximum Gasteiger partial charge on any atom is 0.217 e. The van der Waals surface area contributed by atoms with Crippen LogP contribution >= 0.6 is 35.4 Å². The van der Waals surface area contributed by atoms with Crippen LogP contribution in [0.2, 0.25) is 10.0 Å². The van der Waals surface area contributed by atoms with Gasteiger partial charge in [-0.15, -0.1) is 0 Å². The highest BCUT2D eigenvalue weighted by atomic mass is 35.5. The van der Waals surface area contributed by atoms with Gasteiger partial charge in [0, 0.05) is 73.5 Å². The van der Waals surface area contributed by atoms with Gasteiger partial charge in [0.25, 0.3) is 0 Å². The van der Waals surface area contributed by atoms with E-state index in [0.717, 1.165) is 63.1 Å². The monoisotopic (exact) mass is 735 g/mol. The van der Waals surface area contributed by atoms with Crippen LogP contribution in [0, 0.1) is 0 Å². The van der Waals surface area contributed by atoms with Gasteiger partial charge in [0.05, 0.1) is 11.6 Å². The smallest absolute Gasteiger partial charge is 0.217 e. The third-order valence-corrected chi connectivity index (χ3v) is 10.6. The van der Waals surface area contributed by atoms with Gasteiger partial charge < -0.3 is 33.8 Å². The first kappa shape index (κ1) is 34.8. The molecule has 0 saturated carbocycles. The van der Waals surface area contributed by atoms with Crippen LogP contribution in [0.3, 0.4) is 0 Å². The lowest BCUT2D eigenvalue weighted by Gasteiger charge is -2.39. The number of ether oxygens (including phenoxy) is 3. The Kier molecular flexibility index (Phi) is 11.0. The fourth-order valence-corrected chi connectivity index (χ4v) is 7.80. The molecule has 3 aliphatic heterocycles. The van der Waals surface area contributed by atoms with Gasteiger partial charge in [0.15, 0.2) is 5.11 Å². The average molecular weight is 737 g/mol. The lowest BCUT2D eigenvalue weighted by molar-refractivity contribution is -0.190. The predicted molar refractivity (Wildman–Crippen MR) is 203 cm³/mol. The van der Waals surface area contributed by atoms with Crippen LogP contribution in [0.1, 0.15) is 31.7 Å². The Balaban J connectivity index is 0.906. The van der Waals surface area contributed by atoms with Crippen LogP contribution < -0.4 is 19.4 Å². The summed E-state index contributed by atoms with van der Waals surface area (Å²) in [5.74, 6) is -0.371. The number of anilines is 3. The second-order valence-electron chi connectivity index (χ2n) is 12.9.